The maximum Gasteiger partial charge on any atom is 0.0581 e. The molecule has 0 radical (unpaired) electrons. The van der Waals surface area contributed by atoms with Gasteiger partial charge in [-0.25, -0.2) is 0 Å². The van der Waals surface area contributed by atoms with E-state index in [9.17, 15) is 0 Å². The zero-order valence-corrected chi connectivity index (χ0v) is 15.9. The first kappa shape index (κ1) is 21.1. The van der Waals surface area contributed by atoms with Crippen LogP contribution in [-0.2, 0) is 11.3 Å². The van der Waals surface area contributed by atoms with Crippen molar-refractivity contribution >= 4 is 0 Å². The molecule has 0 spiro atoms. The number of aromatic nitrogens is 1. The largest absolute Gasteiger partial charge is 0.381 e. The van der Waals surface area contributed by atoms with Crippen LogP contribution < -0.4 is 0 Å². The van der Waals surface area contributed by atoms with Gasteiger partial charge < -0.3 is 9.64 Å². The molecule has 0 aromatic carbocycles. The normalized spacial score (nSPS) is 20.0. The number of rotatable bonds is 4. The molecule has 0 aliphatic heterocycles. The number of aryl methyl sites for hydroxylation is 1. The van der Waals surface area contributed by atoms with Crippen molar-refractivity contribution in [2.75, 3.05) is 21.2 Å². The molecule has 1 aromatic heterocycles. The van der Waals surface area contributed by atoms with E-state index in [-0.39, 0.29) is 0 Å². The van der Waals surface area contributed by atoms with Gasteiger partial charge in [-0.05, 0) is 57.8 Å². The average Bonchev–Trinajstić information content (AvgIpc) is 2.99. The minimum absolute atomic E-state index is 0.434. The summed E-state index contributed by atoms with van der Waals surface area (Å²) in [5.74, 6) is 0.623. The van der Waals surface area contributed by atoms with Crippen LogP contribution in [0.4, 0.5) is 0 Å². The lowest BCUT2D eigenvalue weighted by Gasteiger charge is -2.18. The number of pyridine rings is 1. The van der Waals surface area contributed by atoms with E-state index >= 15 is 0 Å². The minimum Gasteiger partial charge on any atom is -0.381 e. The standard InChI is InChI=1S/C15H24N2O.2C2H6/c1-11-5-8-14(15(16-11)10-17(2)3)12-6-7-13(9-12)18-4;2*1-2/h5,8,12-13H,6-7,9-10H2,1-4H3;2*1-2H3. The molecule has 0 amide bonds. The molecular formula is C19H36N2O. The van der Waals surface area contributed by atoms with Gasteiger partial charge in [-0.3, -0.25) is 4.98 Å². The van der Waals surface area contributed by atoms with Gasteiger partial charge in [-0.2, -0.15) is 0 Å². The highest BCUT2D eigenvalue weighted by molar-refractivity contribution is 5.27. The molecule has 2 atom stereocenters. The maximum atomic E-state index is 5.48. The monoisotopic (exact) mass is 308 g/mol. The van der Waals surface area contributed by atoms with Crippen LogP contribution in [0.2, 0.25) is 0 Å². The lowest BCUT2D eigenvalue weighted by molar-refractivity contribution is 0.108. The van der Waals surface area contributed by atoms with E-state index in [0.29, 0.717) is 12.0 Å². The summed E-state index contributed by atoms with van der Waals surface area (Å²) in [6, 6.07) is 4.40. The van der Waals surface area contributed by atoms with Crippen LogP contribution in [0.1, 0.15) is 69.8 Å². The number of hydrogen-bond donors (Lipinski definition) is 0. The van der Waals surface area contributed by atoms with E-state index in [1.807, 2.05) is 34.8 Å². The first-order valence-corrected chi connectivity index (χ1v) is 8.74. The quantitative estimate of drug-likeness (QED) is 0.800. The van der Waals surface area contributed by atoms with Crippen LogP contribution >= 0.6 is 0 Å². The summed E-state index contributed by atoms with van der Waals surface area (Å²) in [7, 11) is 6.02. The molecule has 22 heavy (non-hydrogen) atoms. The third-order valence-corrected chi connectivity index (χ3v) is 3.77. The van der Waals surface area contributed by atoms with Gasteiger partial charge in [0.2, 0.25) is 0 Å². The Morgan fingerprint density at radius 2 is 1.77 bits per heavy atom. The van der Waals surface area contributed by atoms with Crippen molar-refractivity contribution in [1.29, 1.82) is 0 Å². The molecule has 2 unspecified atom stereocenters. The zero-order valence-electron chi connectivity index (χ0n) is 15.9. The first-order valence-electron chi connectivity index (χ1n) is 8.74. The Kier molecular flexibility index (Phi) is 11.1. The molecule has 3 heteroatoms. The van der Waals surface area contributed by atoms with Crippen LogP contribution in [0, 0.1) is 6.92 Å². The molecule has 2 rings (SSSR count). The summed E-state index contributed by atoms with van der Waals surface area (Å²) in [6.45, 7) is 11.0. The van der Waals surface area contributed by atoms with Gasteiger partial charge in [0.25, 0.3) is 0 Å². The Morgan fingerprint density at radius 3 is 2.27 bits per heavy atom. The molecule has 0 N–H and O–H groups in total. The highest BCUT2D eigenvalue weighted by Crippen LogP contribution is 2.37. The van der Waals surface area contributed by atoms with Crippen LogP contribution in [0.3, 0.4) is 0 Å². The smallest absolute Gasteiger partial charge is 0.0581 e. The molecule has 1 saturated carbocycles. The van der Waals surface area contributed by atoms with E-state index in [4.69, 9.17) is 9.72 Å². The SMILES string of the molecule is CC.CC.COC1CCC(c2ccc(C)nc2CN(C)C)C1. The van der Waals surface area contributed by atoms with Crippen molar-refractivity contribution in [3.8, 4) is 0 Å². The van der Waals surface area contributed by atoms with Crippen LogP contribution in [0.15, 0.2) is 12.1 Å². The summed E-state index contributed by atoms with van der Waals surface area (Å²) in [4.78, 5) is 6.91. The fourth-order valence-corrected chi connectivity index (χ4v) is 2.86. The van der Waals surface area contributed by atoms with Gasteiger partial charge in [-0.1, -0.05) is 33.8 Å². The minimum atomic E-state index is 0.434. The molecule has 1 aromatic rings. The maximum absolute atomic E-state index is 5.48. The topological polar surface area (TPSA) is 25.4 Å². The number of hydrogen-bond acceptors (Lipinski definition) is 3. The summed E-state index contributed by atoms with van der Waals surface area (Å²) in [6.07, 6.45) is 3.98. The molecule has 1 aliphatic rings. The highest BCUT2D eigenvalue weighted by atomic mass is 16.5. The van der Waals surface area contributed by atoms with Gasteiger partial charge in [0.05, 0.1) is 11.8 Å². The van der Waals surface area contributed by atoms with Gasteiger partial charge >= 0.3 is 0 Å². The summed E-state index contributed by atoms with van der Waals surface area (Å²) >= 11 is 0. The van der Waals surface area contributed by atoms with Crippen molar-refractivity contribution in [2.45, 2.75) is 72.4 Å². The van der Waals surface area contributed by atoms with Crippen molar-refractivity contribution < 1.29 is 4.74 Å². The van der Waals surface area contributed by atoms with Gasteiger partial charge in [0.1, 0.15) is 0 Å². The van der Waals surface area contributed by atoms with Crippen molar-refractivity contribution in [3.63, 3.8) is 0 Å². The molecule has 0 saturated heterocycles. The average molecular weight is 309 g/mol. The fraction of sp³-hybridized carbons (Fsp3) is 0.737. The highest BCUT2D eigenvalue weighted by Gasteiger charge is 2.27. The van der Waals surface area contributed by atoms with Gasteiger partial charge in [-0.15, -0.1) is 0 Å². The van der Waals surface area contributed by atoms with E-state index in [0.717, 1.165) is 18.7 Å². The number of ether oxygens (including phenoxy) is 1. The number of nitrogens with zero attached hydrogens (tertiary/aromatic N) is 2. The molecule has 1 heterocycles. The van der Waals surface area contributed by atoms with Crippen LogP contribution in [0.5, 0.6) is 0 Å². The van der Waals surface area contributed by atoms with Crippen LogP contribution in [0.25, 0.3) is 0 Å². The van der Waals surface area contributed by atoms with Crippen LogP contribution in [-0.4, -0.2) is 37.2 Å². The second-order valence-corrected chi connectivity index (χ2v) is 5.59. The Balaban J connectivity index is 0.00000102. The third kappa shape index (κ3) is 6.45. The molecule has 1 fully saturated rings. The van der Waals surface area contributed by atoms with Gasteiger partial charge in [0.15, 0.2) is 0 Å². The summed E-state index contributed by atoms with van der Waals surface area (Å²) < 4.78 is 5.48. The Morgan fingerprint density at radius 1 is 1.14 bits per heavy atom. The molecule has 128 valence electrons. The summed E-state index contributed by atoms with van der Waals surface area (Å²) in [5.41, 5.74) is 3.77. The lowest BCUT2D eigenvalue weighted by Crippen LogP contribution is -2.15. The first-order chi connectivity index (χ1) is 10.6. The second-order valence-electron chi connectivity index (χ2n) is 5.59. The van der Waals surface area contributed by atoms with Crippen molar-refractivity contribution in [3.05, 3.63) is 29.1 Å². The van der Waals surface area contributed by atoms with Crippen molar-refractivity contribution in [1.82, 2.24) is 9.88 Å². The Labute approximate surface area is 138 Å². The van der Waals surface area contributed by atoms with E-state index in [1.54, 1.807) is 0 Å². The summed E-state index contributed by atoms with van der Waals surface area (Å²) in [5, 5.41) is 0. The Hall–Kier alpha value is -0.930. The second kappa shape index (κ2) is 11.6. The zero-order chi connectivity index (χ0) is 17.1. The lowest BCUT2D eigenvalue weighted by atomic mass is 9.95. The van der Waals surface area contributed by atoms with E-state index < -0.39 is 0 Å². The third-order valence-electron chi connectivity index (χ3n) is 3.77. The van der Waals surface area contributed by atoms with E-state index in [2.05, 4.69) is 38.1 Å². The predicted molar refractivity (Wildman–Crippen MR) is 96.5 cm³/mol. The molecular weight excluding hydrogens is 272 g/mol. The molecule has 1 aliphatic carbocycles. The molecule has 3 nitrogen and oxygen atoms in total. The van der Waals surface area contributed by atoms with Crippen molar-refractivity contribution in [2.24, 2.45) is 0 Å². The number of methoxy groups -OCH3 is 1. The van der Waals surface area contributed by atoms with Gasteiger partial charge in [0, 0.05) is 19.3 Å². The fourth-order valence-electron chi connectivity index (χ4n) is 2.86. The van der Waals surface area contributed by atoms with E-state index in [1.165, 1.54) is 24.1 Å². The molecule has 0 bridgehead atoms. The Bertz CT molecular complexity index is 404. The predicted octanol–water partition coefficient (Wildman–Crippen LogP) is 4.79.